The van der Waals surface area contributed by atoms with Gasteiger partial charge in [0.15, 0.2) is 11.5 Å². The van der Waals surface area contributed by atoms with E-state index in [-0.39, 0.29) is 31.3 Å². The van der Waals surface area contributed by atoms with E-state index in [1.54, 1.807) is 38.1 Å². The number of nitrogens with one attached hydrogen (secondary N) is 1. The van der Waals surface area contributed by atoms with Gasteiger partial charge in [0.2, 0.25) is 0 Å². The average Bonchev–Trinajstić information content (AvgIpc) is 3.15. The van der Waals surface area contributed by atoms with Crippen LogP contribution >= 0.6 is 0 Å². The maximum atomic E-state index is 12.5. The van der Waals surface area contributed by atoms with Crippen LogP contribution in [0.15, 0.2) is 42.5 Å². The normalized spacial score (nSPS) is 10.9. The van der Waals surface area contributed by atoms with E-state index < -0.39 is 11.9 Å². The summed E-state index contributed by atoms with van der Waals surface area (Å²) in [5.74, 6) is -0.711. The van der Waals surface area contributed by atoms with Crippen LogP contribution in [-0.4, -0.2) is 50.1 Å². The molecule has 2 aromatic carbocycles. The summed E-state index contributed by atoms with van der Waals surface area (Å²) in [6.45, 7) is 3.92. The molecule has 10 heteroatoms. The molecule has 0 unspecified atom stereocenters. The molecule has 0 atom stereocenters. The number of para-hydroxylation sites is 2. The number of fused-ring (bicyclic) bond motifs is 2. The highest BCUT2D eigenvalue weighted by molar-refractivity contribution is 5.96. The number of carbonyl (C=O) groups excluding carboxylic acids is 2. The molecule has 4 aromatic rings. The lowest BCUT2D eigenvalue weighted by molar-refractivity contribution is -0.143. The van der Waals surface area contributed by atoms with Gasteiger partial charge in [0.05, 0.1) is 29.8 Å². The summed E-state index contributed by atoms with van der Waals surface area (Å²) < 4.78 is 11.6. The molecule has 2 aromatic heterocycles. The third kappa shape index (κ3) is 4.27. The number of benzene rings is 2. The molecule has 10 nitrogen and oxygen atoms in total. The smallest absolute Gasteiger partial charge is 0.360 e. The number of esters is 2. The monoisotopic (exact) mass is 420 g/mol. The minimum absolute atomic E-state index is 0.0579. The van der Waals surface area contributed by atoms with Crippen molar-refractivity contribution in [3.8, 4) is 0 Å². The van der Waals surface area contributed by atoms with E-state index in [0.29, 0.717) is 27.8 Å². The Hall–Kier alpha value is -4.08. The summed E-state index contributed by atoms with van der Waals surface area (Å²) >= 11 is 0. The van der Waals surface area contributed by atoms with E-state index in [2.05, 4.69) is 25.6 Å². The van der Waals surface area contributed by atoms with Gasteiger partial charge in [-0.1, -0.05) is 17.3 Å². The van der Waals surface area contributed by atoms with Crippen LogP contribution in [0, 0.1) is 0 Å². The average molecular weight is 420 g/mol. The zero-order chi connectivity index (χ0) is 21.8. The second kappa shape index (κ2) is 8.74. The van der Waals surface area contributed by atoms with Gasteiger partial charge in [0, 0.05) is 5.69 Å². The number of nitrogens with zero attached hydrogens (tertiary/aromatic N) is 5. The second-order valence-electron chi connectivity index (χ2n) is 6.51. The van der Waals surface area contributed by atoms with Crippen LogP contribution in [0.4, 0.5) is 11.5 Å². The van der Waals surface area contributed by atoms with E-state index in [9.17, 15) is 9.59 Å². The van der Waals surface area contributed by atoms with Crippen LogP contribution in [0.3, 0.4) is 0 Å². The summed E-state index contributed by atoms with van der Waals surface area (Å²) in [7, 11) is 0. The van der Waals surface area contributed by atoms with Gasteiger partial charge in [-0.3, -0.25) is 4.79 Å². The Kier molecular flexibility index (Phi) is 5.69. The SMILES string of the molecule is CCOC(=O)Cn1nnc2ccc(Nc3nc4ccccc4nc3C(=O)OCC)cc21. The molecule has 1 N–H and O–H groups in total. The van der Waals surface area contributed by atoms with Crippen molar-refractivity contribution in [2.24, 2.45) is 0 Å². The number of carbonyl (C=O) groups is 2. The van der Waals surface area contributed by atoms with E-state index in [1.165, 1.54) is 4.68 Å². The molecule has 0 radical (unpaired) electrons. The van der Waals surface area contributed by atoms with Crippen molar-refractivity contribution in [3.63, 3.8) is 0 Å². The van der Waals surface area contributed by atoms with Crippen LogP contribution in [0.1, 0.15) is 24.3 Å². The molecule has 4 rings (SSSR count). The van der Waals surface area contributed by atoms with Gasteiger partial charge in [-0.05, 0) is 44.2 Å². The van der Waals surface area contributed by atoms with Crippen molar-refractivity contribution < 1.29 is 19.1 Å². The molecule has 0 saturated carbocycles. The van der Waals surface area contributed by atoms with Crippen molar-refractivity contribution in [3.05, 3.63) is 48.2 Å². The first kappa shape index (κ1) is 20.2. The predicted molar refractivity (Wildman–Crippen MR) is 113 cm³/mol. The number of ether oxygens (including phenoxy) is 2. The topological polar surface area (TPSA) is 121 Å². The summed E-state index contributed by atoms with van der Waals surface area (Å²) in [5.41, 5.74) is 3.17. The molecular weight excluding hydrogens is 400 g/mol. The third-order valence-electron chi connectivity index (χ3n) is 4.40. The summed E-state index contributed by atoms with van der Waals surface area (Å²) in [4.78, 5) is 33.3. The molecule has 0 aliphatic rings. The van der Waals surface area contributed by atoms with Gasteiger partial charge in [-0.2, -0.15) is 0 Å². The predicted octanol–water partition coefficient (Wildman–Crippen LogP) is 2.86. The molecule has 0 aliphatic carbocycles. The molecule has 2 heterocycles. The van der Waals surface area contributed by atoms with E-state index in [1.807, 2.05) is 18.2 Å². The fraction of sp³-hybridized carbons (Fsp3) is 0.238. The number of hydrogen-bond donors (Lipinski definition) is 1. The Labute approximate surface area is 177 Å². The first-order valence-electron chi connectivity index (χ1n) is 9.78. The summed E-state index contributed by atoms with van der Waals surface area (Å²) in [6.07, 6.45) is 0. The molecular formula is C21H20N6O4. The third-order valence-corrected chi connectivity index (χ3v) is 4.40. The number of rotatable bonds is 7. The number of anilines is 2. The molecule has 31 heavy (non-hydrogen) atoms. The minimum atomic E-state index is -0.571. The van der Waals surface area contributed by atoms with Gasteiger partial charge < -0.3 is 14.8 Å². The van der Waals surface area contributed by atoms with Gasteiger partial charge in [-0.25, -0.2) is 19.4 Å². The molecule has 0 saturated heterocycles. The van der Waals surface area contributed by atoms with Crippen molar-refractivity contribution in [2.75, 3.05) is 18.5 Å². The van der Waals surface area contributed by atoms with Crippen molar-refractivity contribution in [1.29, 1.82) is 0 Å². The minimum Gasteiger partial charge on any atom is -0.465 e. The van der Waals surface area contributed by atoms with Crippen LogP contribution in [0.5, 0.6) is 0 Å². The van der Waals surface area contributed by atoms with Crippen LogP contribution in [0.25, 0.3) is 22.1 Å². The zero-order valence-electron chi connectivity index (χ0n) is 17.0. The van der Waals surface area contributed by atoms with Crippen LogP contribution < -0.4 is 5.32 Å². The molecule has 0 spiro atoms. The van der Waals surface area contributed by atoms with Crippen molar-refractivity contribution >= 4 is 45.5 Å². The Bertz CT molecular complexity index is 1270. The maximum absolute atomic E-state index is 12.5. The Morgan fingerprint density at radius 2 is 1.71 bits per heavy atom. The molecule has 0 fully saturated rings. The highest BCUT2D eigenvalue weighted by Gasteiger charge is 2.18. The Balaban J connectivity index is 1.71. The summed E-state index contributed by atoms with van der Waals surface area (Å²) in [6, 6.07) is 12.5. The molecule has 158 valence electrons. The molecule has 0 amide bonds. The lowest BCUT2D eigenvalue weighted by Gasteiger charge is -2.11. The van der Waals surface area contributed by atoms with E-state index in [0.717, 1.165) is 0 Å². The summed E-state index contributed by atoms with van der Waals surface area (Å²) in [5, 5.41) is 11.2. The quantitative estimate of drug-likeness (QED) is 0.450. The van der Waals surface area contributed by atoms with Crippen LogP contribution in [0.2, 0.25) is 0 Å². The standard InChI is InChI=1S/C21H20N6O4/c1-3-30-18(28)12-27-17-11-13(9-10-16(17)25-26-27)22-20-19(21(29)31-4-2)23-14-7-5-6-8-15(14)24-20/h5-11H,3-4,12H2,1-2H3,(H,22,24). The molecule has 0 aliphatic heterocycles. The maximum Gasteiger partial charge on any atom is 0.360 e. The second-order valence-corrected chi connectivity index (χ2v) is 6.51. The number of hydrogen-bond acceptors (Lipinski definition) is 9. The molecule has 0 bridgehead atoms. The Morgan fingerprint density at radius 1 is 0.968 bits per heavy atom. The van der Waals surface area contributed by atoms with Crippen molar-refractivity contribution in [2.45, 2.75) is 20.4 Å². The Morgan fingerprint density at radius 3 is 2.45 bits per heavy atom. The lowest BCUT2D eigenvalue weighted by Crippen LogP contribution is -2.14. The highest BCUT2D eigenvalue weighted by Crippen LogP contribution is 2.24. The van der Waals surface area contributed by atoms with Gasteiger partial charge in [0.1, 0.15) is 12.1 Å². The largest absolute Gasteiger partial charge is 0.465 e. The van der Waals surface area contributed by atoms with Crippen LogP contribution in [-0.2, 0) is 20.8 Å². The fourth-order valence-corrected chi connectivity index (χ4v) is 3.05. The van der Waals surface area contributed by atoms with Crippen molar-refractivity contribution in [1.82, 2.24) is 25.0 Å². The van der Waals surface area contributed by atoms with Gasteiger partial charge in [-0.15, -0.1) is 5.10 Å². The fourth-order valence-electron chi connectivity index (χ4n) is 3.05. The number of aromatic nitrogens is 5. The lowest BCUT2D eigenvalue weighted by atomic mass is 10.2. The van der Waals surface area contributed by atoms with Gasteiger partial charge in [0.25, 0.3) is 0 Å². The highest BCUT2D eigenvalue weighted by atomic mass is 16.5. The first-order chi connectivity index (χ1) is 15.1. The van der Waals surface area contributed by atoms with Gasteiger partial charge >= 0.3 is 11.9 Å². The van der Waals surface area contributed by atoms with E-state index in [4.69, 9.17) is 9.47 Å². The first-order valence-corrected chi connectivity index (χ1v) is 9.78. The van der Waals surface area contributed by atoms with E-state index >= 15 is 0 Å². The zero-order valence-corrected chi connectivity index (χ0v) is 17.0.